The Morgan fingerprint density at radius 1 is 1.11 bits per heavy atom. The lowest BCUT2D eigenvalue weighted by Crippen LogP contribution is -2.52. The number of β-amino-alcohol motifs (C(OH)–C–C–N with tert-alkyl or cyclic N) is 1. The van der Waals surface area contributed by atoms with Gasteiger partial charge in [0.25, 0.3) is 0 Å². The summed E-state index contributed by atoms with van der Waals surface area (Å²) in [5, 5.41) is 10.6. The Kier molecular flexibility index (Phi) is 3.41. The van der Waals surface area contributed by atoms with E-state index in [4.69, 9.17) is 5.73 Å². The maximum absolute atomic E-state index is 10.6. The molecular weight excluding hydrogens is 224 g/mol. The van der Waals surface area contributed by atoms with Crippen LogP contribution in [0.15, 0.2) is 0 Å². The first-order valence-electron chi connectivity index (χ1n) is 7.81. The Bertz CT molecular complexity index is 287. The summed E-state index contributed by atoms with van der Waals surface area (Å²) in [5.41, 5.74) is 5.88. The van der Waals surface area contributed by atoms with Gasteiger partial charge in [0.05, 0.1) is 5.60 Å². The number of rotatable bonds is 4. The molecule has 3 rings (SSSR count). The maximum atomic E-state index is 10.6. The average molecular weight is 252 g/mol. The Morgan fingerprint density at radius 3 is 2.22 bits per heavy atom. The van der Waals surface area contributed by atoms with Gasteiger partial charge in [-0.1, -0.05) is 12.8 Å². The minimum absolute atomic E-state index is 0.430. The Labute approximate surface area is 111 Å². The van der Waals surface area contributed by atoms with Crippen LogP contribution in [0.5, 0.6) is 0 Å². The van der Waals surface area contributed by atoms with Crippen molar-refractivity contribution in [2.45, 2.75) is 57.0 Å². The molecule has 0 radical (unpaired) electrons. The molecule has 0 amide bonds. The SMILES string of the molecule is NCC(O)(CN1CCC2(CCCC2)CC1)C1CC1. The molecule has 3 nitrogen and oxygen atoms in total. The van der Waals surface area contributed by atoms with E-state index in [0.29, 0.717) is 17.9 Å². The van der Waals surface area contributed by atoms with Gasteiger partial charge in [0.15, 0.2) is 0 Å². The summed E-state index contributed by atoms with van der Waals surface area (Å²) in [7, 11) is 0. The van der Waals surface area contributed by atoms with Gasteiger partial charge in [-0.15, -0.1) is 0 Å². The number of piperidine rings is 1. The van der Waals surface area contributed by atoms with E-state index in [1.54, 1.807) is 0 Å². The highest BCUT2D eigenvalue weighted by Crippen LogP contribution is 2.47. The molecule has 104 valence electrons. The molecule has 2 aliphatic carbocycles. The van der Waals surface area contributed by atoms with Crippen molar-refractivity contribution in [3.63, 3.8) is 0 Å². The highest BCUT2D eigenvalue weighted by Gasteiger charge is 2.45. The standard InChI is InChI=1S/C15H28N2O/c16-11-15(18,13-3-4-13)12-17-9-7-14(8-10-17)5-1-2-6-14/h13,18H,1-12,16H2. The molecule has 1 spiro atoms. The number of aliphatic hydroxyl groups is 1. The van der Waals surface area contributed by atoms with Gasteiger partial charge in [-0.3, -0.25) is 0 Å². The summed E-state index contributed by atoms with van der Waals surface area (Å²) in [4.78, 5) is 2.47. The number of hydrogen-bond donors (Lipinski definition) is 2. The van der Waals surface area contributed by atoms with Crippen molar-refractivity contribution in [2.75, 3.05) is 26.2 Å². The maximum Gasteiger partial charge on any atom is 0.0923 e. The number of nitrogens with two attached hydrogens (primary N) is 1. The van der Waals surface area contributed by atoms with Crippen LogP contribution in [0.25, 0.3) is 0 Å². The van der Waals surface area contributed by atoms with Crippen LogP contribution < -0.4 is 5.73 Å². The minimum Gasteiger partial charge on any atom is -0.387 e. The minimum atomic E-state index is -0.597. The summed E-state index contributed by atoms with van der Waals surface area (Å²) in [6, 6.07) is 0. The van der Waals surface area contributed by atoms with E-state index in [2.05, 4.69) is 4.90 Å². The molecule has 1 saturated heterocycles. The third-order valence-corrected chi connectivity index (χ3v) is 5.77. The molecule has 3 aliphatic rings. The van der Waals surface area contributed by atoms with E-state index < -0.39 is 5.60 Å². The summed E-state index contributed by atoms with van der Waals surface area (Å²) in [6.45, 7) is 3.59. The monoisotopic (exact) mass is 252 g/mol. The molecule has 1 heterocycles. The third-order valence-electron chi connectivity index (χ3n) is 5.77. The second-order valence-electron chi connectivity index (χ2n) is 7.07. The van der Waals surface area contributed by atoms with E-state index in [1.165, 1.54) is 64.5 Å². The van der Waals surface area contributed by atoms with Crippen molar-refractivity contribution in [1.29, 1.82) is 0 Å². The summed E-state index contributed by atoms with van der Waals surface area (Å²) in [5.74, 6) is 0.477. The normalized spacial score (nSPS) is 31.7. The summed E-state index contributed by atoms with van der Waals surface area (Å²) < 4.78 is 0. The average Bonchev–Trinajstić information content (AvgIpc) is 3.16. The smallest absolute Gasteiger partial charge is 0.0923 e. The number of nitrogens with zero attached hydrogens (tertiary/aromatic N) is 1. The van der Waals surface area contributed by atoms with Crippen molar-refractivity contribution >= 4 is 0 Å². The van der Waals surface area contributed by atoms with E-state index >= 15 is 0 Å². The lowest BCUT2D eigenvalue weighted by molar-refractivity contribution is -0.0240. The fourth-order valence-electron chi connectivity index (χ4n) is 4.18. The first-order valence-corrected chi connectivity index (χ1v) is 7.81. The fourth-order valence-corrected chi connectivity index (χ4v) is 4.18. The zero-order valence-electron chi connectivity index (χ0n) is 11.5. The van der Waals surface area contributed by atoms with E-state index in [-0.39, 0.29) is 0 Å². The highest BCUT2D eigenvalue weighted by atomic mass is 16.3. The molecule has 0 aromatic carbocycles. The molecule has 0 bridgehead atoms. The Hall–Kier alpha value is -0.120. The van der Waals surface area contributed by atoms with Crippen LogP contribution in [0.1, 0.15) is 51.4 Å². The van der Waals surface area contributed by atoms with Gasteiger partial charge in [-0.2, -0.15) is 0 Å². The molecule has 1 unspecified atom stereocenters. The molecular formula is C15H28N2O. The lowest BCUT2D eigenvalue weighted by Gasteiger charge is -2.42. The fraction of sp³-hybridized carbons (Fsp3) is 1.00. The molecule has 3 N–H and O–H groups in total. The predicted molar refractivity (Wildman–Crippen MR) is 73.3 cm³/mol. The van der Waals surface area contributed by atoms with Gasteiger partial charge in [-0.05, 0) is 62.9 Å². The summed E-state index contributed by atoms with van der Waals surface area (Å²) in [6.07, 6.45) is 10.8. The second-order valence-corrected chi connectivity index (χ2v) is 7.07. The van der Waals surface area contributed by atoms with Crippen LogP contribution in [0.3, 0.4) is 0 Å². The topological polar surface area (TPSA) is 49.5 Å². The van der Waals surface area contributed by atoms with E-state index in [1.807, 2.05) is 0 Å². The molecule has 0 aromatic heterocycles. The van der Waals surface area contributed by atoms with Crippen LogP contribution in [-0.4, -0.2) is 41.8 Å². The molecule has 18 heavy (non-hydrogen) atoms. The molecule has 0 aromatic rings. The first kappa shape index (κ1) is 12.9. The van der Waals surface area contributed by atoms with Gasteiger partial charge >= 0.3 is 0 Å². The molecule has 2 saturated carbocycles. The molecule has 1 atom stereocenters. The third kappa shape index (κ3) is 2.45. The van der Waals surface area contributed by atoms with Gasteiger partial charge < -0.3 is 15.7 Å². The zero-order chi connectivity index (χ0) is 12.6. The lowest BCUT2D eigenvalue weighted by atomic mass is 9.77. The van der Waals surface area contributed by atoms with Gasteiger partial charge in [0, 0.05) is 13.1 Å². The quantitative estimate of drug-likeness (QED) is 0.801. The van der Waals surface area contributed by atoms with Crippen molar-refractivity contribution in [3.05, 3.63) is 0 Å². The van der Waals surface area contributed by atoms with Crippen LogP contribution in [0.4, 0.5) is 0 Å². The van der Waals surface area contributed by atoms with Crippen molar-refractivity contribution < 1.29 is 5.11 Å². The van der Waals surface area contributed by atoms with Gasteiger partial charge in [0.2, 0.25) is 0 Å². The van der Waals surface area contributed by atoms with Crippen molar-refractivity contribution in [3.8, 4) is 0 Å². The second kappa shape index (κ2) is 4.77. The number of hydrogen-bond acceptors (Lipinski definition) is 3. The largest absolute Gasteiger partial charge is 0.387 e. The van der Waals surface area contributed by atoms with Crippen molar-refractivity contribution in [1.82, 2.24) is 4.90 Å². The molecule has 1 aliphatic heterocycles. The van der Waals surface area contributed by atoms with Gasteiger partial charge in [0.1, 0.15) is 0 Å². The Morgan fingerprint density at radius 2 is 1.72 bits per heavy atom. The van der Waals surface area contributed by atoms with Crippen LogP contribution in [0.2, 0.25) is 0 Å². The Balaban J connectivity index is 1.53. The highest BCUT2D eigenvalue weighted by molar-refractivity contribution is 4.99. The predicted octanol–water partition coefficient (Wildman–Crippen LogP) is 1.74. The van der Waals surface area contributed by atoms with Gasteiger partial charge in [-0.25, -0.2) is 0 Å². The number of likely N-dealkylation sites (tertiary alicyclic amines) is 1. The van der Waals surface area contributed by atoms with Crippen LogP contribution in [-0.2, 0) is 0 Å². The van der Waals surface area contributed by atoms with E-state index in [9.17, 15) is 5.11 Å². The molecule has 3 heteroatoms. The van der Waals surface area contributed by atoms with Crippen LogP contribution in [0, 0.1) is 11.3 Å². The summed E-state index contributed by atoms with van der Waals surface area (Å²) >= 11 is 0. The van der Waals surface area contributed by atoms with Crippen molar-refractivity contribution in [2.24, 2.45) is 17.1 Å². The zero-order valence-corrected chi connectivity index (χ0v) is 11.5. The van der Waals surface area contributed by atoms with Crippen LogP contribution >= 0.6 is 0 Å². The first-order chi connectivity index (χ1) is 8.66. The molecule has 3 fully saturated rings. The van der Waals surface area contributed by atoms with E-state index in [0.717, 1.165) is 6.54 Å².